The minimum Gasteiger partial charge on any atom is -0.476 e. The zero-order valence-electron chi connectivity index (χ0n) is 4.80. The summed E-state index contributed by atoms with van der Waals surface area (Å²) in [5.74, 6) is -2.68. The van der Waals surface area contributed by atoms with Crippen molar-refractivity contribution in [3.05, 3.63) is 11.9 Å². The van der Waals surface area contributed by atoms with E-state index in [-0.39, 0.29) is 13.0 Å². The van der Waals surface area contributed by atoms with E-state index >= 15 is 0 Å². The third-order valence-corrected chi connectivity index (χ3v) is 0.695. The number of carboxylic acids is 1. The van der Waals surface area contributed by atoms with Crippen LogP contribution in [-0.2, 0) is 4.79 Å². The van der Waals surface area contributed by atoms with Crippen LogP contribution in [0.2, 0.25) is 0 Å². The second kappa shape index (κ2) is 4.03. The first-order valence-electron chi connectivity index (χ1n) is 2.47. The average Bonchev–Trinajstić information content (AvgIpc) is 1.82. The molecule has 0 saturated heterocycles. The van der Waals surface area contributed by atoms with Crippen LogP contribution in [0.3, 0.4) is 0 Å². The van der Waals surface area contributed by atoms with Gasteiger partial charge in [0, 0.05) is 0 Å². The Labute approximate surface area is 52.0 Å². The van der Waals surface area contributed by atoms with E-state index in [4.69, 9.17) is 10.8 Å². The smallest absolute Gasteiger partial charge is 0.364 e. The Morgan fingerprint density at radius 3 is 2.67 bits per heavy atom. The van der Waals surface area contributed by atoms with Gasteiger partial charge in [-0.25, -0.2) is 4.79 Å². The Morgan fingerprint density at radius 2 is 2.33 bits per heavy atom. The molecule has 0 fully saturated rings. The van der Waals surface area contributed by atoms with E-state index in [1.54, 1.807) is 0 Å². The van der Waals surface area contributed by atoms with Crippen LogP contribution in [0.15, 0.2) is 11.9 Å². The Kier molecular flexibility index (Phi) is 3.62. The molecule has 9 heavy (non-hydrogen) atoms. The maximum atomic E-state index is 11.9. The first-order valence-corrected chi connectivity index (χ1v) is 2.47. The van der Waals surface area contributed by atoms with Gasteiger partial charge in [-0.2, -0.15) is 4.39 Å². The molecule has 0 aromatic carbocycles. The summed E-state index contributed by atoms with van der Waals surface area (Å²) in [6.45, 7) is 0.265. The lowest BCUT2D eigenvalue weighted by molar-refractivity contribution is -0.134. The lowest BCUT2D eigenvalue weighted by Gasteiger charge is -1.85. The third kappa shape index (κ3) is 3.66. The van der Waals surface area contributed by atoms with Crippen LogP contribution in [0.4, 0.5) is 4.39 Å². The number of hydrogen-bond acceptors (Lipinski definition) is 2. The molecule has 0 unspecified atom stereocenters. The molecule has 0 atom stereocenters. The van der Waals surface area contributed by atoms with Gasteiger partial charge in [0.2, 0.25) is 5.83 Å². The molecule has 0 rings (SSSR count). The Morgan fingerprint density at radius 1 is 1.78 bits per heavy atom. The van der Waals surface area contributed by atoms with Crippen molar-refractivity contribution in [1.29, 1.82) is 0 Å². The molecule has 0 radical (unpaired) electrons. The van der Waals surface area contributed by atoms with Crippen molar-refractivity contribution in [2.24, 2.45) is 5.73 Å². The van der Waals surface area contributed by atoms with Gasteiger partial charge in [0.25, 0.3) is 0 Å². The van der Waals surface area contributed by atoms with E-state index in [0.29, 0.717) is 0 Å². The number of nitrogens with two attached hydrogens (primary N) is 1. The first-order chi connectivity index (χ1) is 4.18. The predicted octanol–water partition coefficient (Wildman–Crippen LogP) is 0.273. The highest BCUT2D eigenvalue weighted by Crippen LogP contribution is 1.96. The number of carboxylic acid groups (broad SMARTS) is 1. The summed E-state index contributed by atoms with van der Waals surface area (Å²) in [4.78, 5) is 9.72. The van der Waals surface area contributed by atoms with Gasteiger partial charge >= 0.3 is 5.97 Å². The SMILES string of the molecule is NCC/C=C(/F)C(=O)O. The Hall–Kier alpha value is -0.900. The van der Waals surface area contributed by atoms with Gasteiger partial charge in [-0.1, -0.05) is 0 Å². The number of hydrogen-bond donors (Lipinski definition) is 2. The third-order valence-electron chi connectivity index (χ3n) is 0.695. The molecule has 0 aromatic heterocycles. The molecule has 4 heteroatoms. The average molecular weight is 133 g/mol. The molecular weight excluding hydrogens is 125 g/mol. The number of rotatable bonds is 3. The van der Waals surface area contributed by atoms with Crippen molar-refractivity contribution in [3.8, 4) is 0 Å². The fourth-order valence-corrected chi connectivity index (χ4v) is 0.297. The zero-order valence-corrected chi connectivity index (χ0v) is 4.80. The lowest BCUT2D eigenvalue weighted by Crippen LogP contribution is -1.99. The van der Waals surface area contributed by atoms with E-state index < -0.39 is 11.8 Å². The van der Waals surface area contributed by atoms with Crippen molar-refractivity contribution in [2.45, 2.75) is 6.42 Å². The molecule has 0 spiro atoms. The number of aliphatic carboxylic acids is 1. The molecule has 0 aliphatic carbocycles. The second-order valence-corrected chi connectivity index (χ2v) is 1.43. The largest absolute Gasteiger partial charge is 0.476 e. The lowest BCUT2D eigenvalue weighted by atomic mass is 10.3. The number of halogens is 1. The molecule has 0 amide bonds. The highest BCUT2D eigenvalue weighted by atomic mass is 19.1. The molecule has 0 bridgehead atoms. The predicted molar refractivity (Wildman–Crippen MR) is 30.5 cm³/mol. The Bertz CT molecular complexity index is 133. The highest BCUT2D eigenvalue weighted by molar-refractivity contribution is 5.83. The van der Waals surface area contributed by atoms with Gasteiger partial charge in [0.05, 0.1) is 0 Å². The maximum absolute atomic E-state index is 11.9. The van der Waals surface area contributed by atoms with Gasteiger partial charge in [-0.05, 0) is 19.0 Å². The van der Waals surface area contributed by atoms with E-state index in [1.807, 2.05) is 0 Å². The topological polar surface area (TPSA) is 63.3 Å². The fraction of sp³-hybridized carbons (Fsp3) is 0.400. The normalized spacial score (nSPS) is 11.6. The summed E-state index contributed by atoms with van der Waals surface area (Å²) < 4.78 is 11.9. The molecule has 0 aliphatic rings. The minimum atomic E-state index is -1.54. The molecule has 3 nitrogen and oxygen atoms in total. The van der Waals surface area contributed by atoms with Crippen molar-refractivity contribution in [1.82, 2.24) is 0 Å². The van der Waals surface area contributed by atoms with Crippen LogP contribution >= 0.6 is 0 Å². The standard InChI is InChI=1S/C5H8FNO2/c6-4(5(8)9)2-1-3-7/h2H,1,3,7H2,(H,8,9)/b4-2+. The summed E-state index contributed by atoms with van der Waals surface area (Å²) in [5, 5.41) is 7.92. The molecular formula is C5H8FNO2. The second-order valence-electron chi connectivity index (χ2n) is 1.43. The van der Waals surface area contributed by atoms with Crippen molar-refractivity contribution < 1.29 is 14.3 Å². The van der Waals surface area contributed by atoms with Gasteiger partial charge in [-0.15, -0.1) is 0 Å². The van der Waals surface area contributed by atoms with Gasteiger partial charge in [0.1, 0.15) is 0 Å². The summed E-state index contributed by atoms with van der Waals surface area (Å²) >= 11 is 0. The molecule has 0 aliphatic heterocycles. The zero-order chi connectivity index (χ0) is 7.28. The molecule has 52 valence electrons. The van der Waals surface area contributed by atoms with E-state index in [1.165, 1.54) is 0 Å². The molecule has 0 aromatic rings. The fourth-order valence-electron chi connectivity index (χ4n) is 0.297. The summed E-state index contributed by atoms with van der Waals surface area (Å²) in [6.07, 6.45) is 1.21. The van der Waals surface area contributed by atoms with E-state index in [9.17, 15) is 9.18 Å². The summed E-state index contributed by atoms with van der Waals surface area (Å²) in [7, 11) is 0. The summed E-state index contributed by atoms with van der Waals surface area (Å²) in [5.41, 5.74) is 4.97. The molecule has 0 saturated carbocycles. The van der Waals surface area contributed by atoms with Gasteiger partial charge in [-0.3, -0.25) is 0 Å². The molecule has 3 N–H and O–H groups in total. The van der Waals surface area contributed by atoms with E-state index in [2.05, 4.69) is 0 Å². The van der Waals surface area contributed by atoms with Crippen molar-refractivity contribution in [3.63, 3.8) is 0 Å². The van der Waals surface area contributed by atoms with Gasteiger partial charge < -0.3 is 10.8 Å². The highest BCUT2D eigenvalue weighted by Gasteiger charge is 2.01. The van der Waals surface area contributed by atoms with Crippen LogP contribution in [0, 0.1) is 0 Å². The Balaban J connectivity index is 3.69. The van der Waals surface area contributed by atoms with E-state index in [0.717, 1.165) is 6.08 Å². The quantitative estimate of drug-likeness (QED) is 0.543. The minimum absolute atomic E-state index is 0.262. The van der Waals surface area contributed by atoms with Crippen LogP contribution in [-0.4, -0.2) is 17.6 Å². The molecule has 0 heterocycles. The van der Waals surface area contributed by atoms with Crippen LogP contribution in [0.1, 0.15) is 6.42 Å². The van der Waals surface area contributed by atoms with Crippen LogP contribution in [0.5, 0.6) is 0 Å². The summed E-state index contributed by atoms with van der Waals surface area (Å²) in [6, 6.07) is 0. The van der Waals surface area contributed by atoms with Gasteiger partial charge in [0.15, 0.2) is 0 Å². The van der Waals surface area contributed by atoms with Crippen LogP contribution in [0.25, 0.3) is 0 Å². The first kappa shape index (κ1) is 8.10. The monoisotopic (exact) mass is 133 g/mol. The van der Waals surface area contributed by atoms with Crippen LogP contribution < -0.4 is 5.73 Å². The van der Waals surface area contributed by atoms with Crippen molar-refractivity contribution >= 4 is 5.97 Å². The number of carbonyl (C=O) groups is 1. The van der Waals surface area contributed by atoms with Crippen molar-refractivity contribution in [2.75, 3.05) is 6.54 Å². The maximum Gasteiger partial charge on any atom is 0.364 e.